The Morgan fingerprint density at radius 1 is 1.18 bits per heavy atom. The van der Waals surface area contributed by atoms with E-state index < -0.39 is 0 Å². The Morgan fingerprint density at radius 2 is 1.76 bits per heavy atom. The first-order valence-corrected chi connectivity index (χ1v) is 7.11. The first-order valence-electron chi connectivity index (χ1n) is 7.11. The van der Waals surface area contributed by atoms with Gasteiger partial charge >= 0.3 is 0 Å². The molecule has 0 aromatic rings. The van der Waals surface area contributed by atoms with Crippen LogP contribution in [0, 0.1) is 5.92 Å². The minimum Gasteiger partial charge on any atom is -0.387 e. The van der Waals surface area contributed by atoms with Gasteiger partial charge in [0.25, 0.3) is 0 Å². The summed E-state index contributed by atoms with van der Waals surface area (Å²) in [5.41, 5.74) is 6.44. The first-order chi connectivity index (χ1) is 8.14. The van der Waals surface area contributed by atoms with Crippen molar-refractivity contribution in [2.24, 2.45) is 16.6 Å². The molecule has 3 nitrogen and oxygen atoms in total. The molecule has 0 aromatic heterocycles. The van der Waals surface area contributed by atoms with Gasteiger partial charge in [-0.15, -0.1) is 0 Å². The normalized spacial score (nSPS) is 25.9. The van der Waals surface area contributed by atoms with Crippen LogP contribution < -0.4 is 5.73 Å². The minimum atomic E-state index is 0.295. The van der Waals surface area contributed by atoms with Crippen molar-refractivity contribution in [3.63, 3.8) is 0 Å². The molecule has 0 aliphatic heterocycles. The Bertz CT molecular complexity index is 271. The highest BCUT2D eigenvalue weighted by atomic mass is 15.2. The topological polar surface area (TPSA) is 41.6 Å². The largest absolute Gasteiger partial charge is 0.387 e. The third-order valence-corrected chi connectivity index (χ3v) is 4.81. The van der Waals surface area contributed by atoms with E-state index in [0.29, 0.717) is 11.5 Å². The maximum absolute atomic E-state index is 6.15. The Kier molecular flexibility index (Phi) is 4.08. The zero-order valence-corrected chi connectivity index (χ0v) is 11.4. The summed E-state index contributed by atoms with van der Waals surface area (Å²) in [4.78, 5) is 7.10. The highest BCUT2D eigenvalue weighted by Gasteiger charge is 2.35. The summed E-state index contributed by atoms with van der Waals surface area (Å²) in [6.07, 6.45) is 10.4. The van der Waals surface area contributed by atoms with Crippen LogP contribution in [0.15, 0.2) is 4.99 Å². The molecule has 2 rings (SSSR count). The van der Waals surface area contributed by atoms with Crippen LogP contribution in [-0.2, 0) is 0 Å². The van der Waals surface area contributed by atoms with Crippen LogP contribution in [0.2, 0.25) is 0 Å². The van der Waals surface area contributed by atoms with Crippen LogP contribution in [0.1, 0.15) is 51.4 Å². The molecule has 2 aliphatic carbocycles. The molecule has 98 valence electrons. The second-order valence-corrected chi connectivity index (χ2v) is 6.05. The van der Waals surface area contributed by atoms with Gasteiger partial charge in [-0.05, 0) is 39.8 Å². The van der Waals surface area contributed by atoms with Crippen molar-refractivity contribution in [1.82, 2.24) is 4.90 Å². The fraction of sp³-hybridized carbons (Fsp3) is 0.929. The van der Waals surface area contributed by atoms with Gasteiger partial charge in [0.1, 0.15) is 0 Å². The number of nitrogens with two attached hydrogens (primary N) is 1. The van der Waals surface area contributed by atoms with E-state index in [-0.39, 0.29) is 0 Å². The molecule has 0 bridgehead atoms. The van der Waals surface area contributed by atoms with Gasteiger partial charge in [0.05, 0.1) is 12.4 Å². The molecule has 2 fully saturated rings. The molecule has 0 saturated heterocycles. The predicted molar refractivity (Wildman–Crippen MR) is 73.3 cm³/mol. The monoisotopic (exact) mass is 237 g/mol. The molecule has 0 radical (unpaired) electrons. The predicted octanol–water partition coefficient (Wildman–Crippen LogP) is 2.41. The highest BCUT2D eigenvalue weighted by Crippen LogP contribution is 2.34. The number of likely N-dealkylation sites (N-methyl/N-ethyl adjacent to an activating group) is 1. The minimum absolute atomic E-state index is 0.295. The molecule has 2 aliphatic rings. The van der Waals surface area contributed by atoms with E-state index in [2.05, 4.69) is 19.0 Å². The van der Waals surface area contributed by atoms with Crippen LogP contribution in [-0.4, -0.2) is 36.9 Å². The van der Waals surface area contributed by atoms with Gasteiger partial charge in [-0.25, -0.2) is 0 Å². The van der Waals surface area contributed by atoms with Crippen molar-refractivity contribution in [2.45, 2.75) is 56.9 Å². The summed E-state index contributed by atoms with van der Waals surface area (Å²) in [6, 6.07) is 0. The number of rotatable bonds is 4. The third kappa shape index (κ3) is 2.82. The van der Waals surface area contributed by atoms with Crippen molar-refractivity contribution < 1.29 is 0 Å². The summed E-state index contributed by atoms with van der Waals surface area (Å²) in [7, 11) is 4.37. The second kappa shape index (κ2) is 5.38. The summed E-state index contributed by atoms with van der Waals surface area (Å²) in [5, 5.41) is 0. The molecule has 0 spiro atoms. The van der Waals surface area contributed by atoms with Crippen molar-refractivity contribution in [1.29, 1.82) is 0 Å². The molecule has 0 aromatic carbocycles. The lowest BCUT2D eigenvalue weighted by Gasteiger charge is -2.35. The van der Waals surface area contributed by atoms with Gasteiger partial charge in [-0.3, -0.25) is 4.99 Å². The smallest absolute Gasteiger partial charge is 0.0969 e. The fourth-order valence-corrected chi connectivity index (χ4v) is 3.37. The van der Waals surface area contributed by atoms with Gasteiger partial charge in [-0.2, -0.15) is 0 Å². The summed E-state index contributed by atoms with van der Waals surface area (Å²) >= 11 is 0. The average molecular weight is 237 g/mol. The number of hydrogen-bond donors (Lipinski definition) is 1. The van der Waals surface area contributed by atoms with Crippen molar-refractivity contribution in [2.75, 3.05) is 20.6 Å². The van der Waals surface area contributed by atoms with E-state index in [9.17, 15) is 0 Å². The van der Waals surface area contributed by atoms with Crippen LogP contribution in [0.25, 0.3) is 0 Å². The van der Waals surface area contributed by atoms with Gasteiger partial charge in [0.15, 0.2) is 0 Å². The van der Waals surface area contributed by atoms with E-state index >= 15 is 0 Å². The quantitative estimate of drug-likeness (QED) is 0.602. The standard InChI is InChI=1S/C14H27N3/c1-17(2)14(9-5-6-10-14)11-16-13(15)12-7-3-4-8-12/h12H,3-11H2,1-2H3,(H2,15,16). The molecule has 2 saturated carbocycles. The lowest BCUT2D eigenvalue weighted by atomic mass is 9.96. The second-order valence-electron chi connectivity index (χ2n) is 6.05. The van der Waals surface area contributed by atoms with E-state index in [4.69, 9.17) is 10.7 Å². The average Bonchev–Trinajstić information content (AvgIpc) is 2.97. The van der Waals surface area contributed by atoms with Crippen molar-refractivity contribution in [3.05, 3.63) is 0 Å². The van der Waals surface area contributed by atoms with Gasteiger partial charge in [0, 0.05) is 11.5 Å². The lowest BCUT2D eigenvalue weighted by Crippen LogP contribution is -2.45. The van der Waals surface area contributed by atoms with E-state index in [0.717, 1.165) is 12.4 Å². The molecule has 3 heteroatoms. The highest BCUT2D eigenvalue weighted by molar-refractivity contribution is 5.83. The fourth-order valence-electron chi connectivity index (χ4n) is 3.37. The molecule has 0 heterocycles. The van der Waals surface area contributed by atoms with E-state index in [1.807, 2.05) is 0 Å². The van der Waals surface area contributed by atoms with Crippen molar-refractivity contribution in [3.8, 4) is 0 Å². The van der Waals surface area contributed by atoms with Crippen LogP contribution in [0.3, 0.4) is 0 Å². The number of amidine groups is 1. The number of nitrogens with zero attached hydrogens (tertiary/aromatic N) is 2. The van der Waals surface area contributed by atoms with Gasteiger partial charge in [0.2, 0.25) is 0 Å². The molecule has 0 unspecified atom stereocenters. The zero-order valence-electron chi connectivity index (χ0n) is 11.4. The molecular weight excluding hydrogens is 210 g/mol. The maximum atomic E-state index is 6.15. The lowest BCUT2D eigenvalue weighted by molar-refractivity contribution is 0.167. The van der Waals surface area contributed by atoms with Crippen molar-refractivity contribution >= 4 is 5.84 Å². The molecule has 0 amide bonds. The Morgan fingerprint density at radius 3 is 2.29 bits per heavy atom. The molecule has 0 atom stereocenters. The molecule has 2 N–H and O–H groups in total. The zero-order chi connectivity index (χ0) is 12.3. The maximum Gasteiger partial charge on any atom is 0.0969 e. The summed E-state index contributed by atoms with van der Waals surface area (Å²) in [6.45, 7) is 0.905. The Labute approximate surface area is 105 Å². The summed E-state index contributed by atoms with van der Waals surface area (Å²) in [5.74, 6) is 1.51. The van der Waals surface area contributed by atoms with Gasteiger partial charge in [-0.1, -0.05) is 25.7 Å². The number of aliphatic imine (C=N–C) groups is 1. The summed E-state index contributed by atoms with van der Waals surface area (Å²) < 4.78 is 0. The number of hydrogen-bond acceptors (Lipinski definition) is 2. The SMILES string of the molecule is CN(C)C1(CN=C(N)C2CCCC2)CCCC1. The molecule has 17 heavy (non-hydrogen) atoms. The van der Waals surface area contributed by atoms with E-state index in [1.165, 1.54) is 51.4 Å². The Hall–Kier alpha value is -0.570. The first kappa shape index (κ1) is 12.9. The van der Waals surface area contributed by atoms with Gasteiger partial charge < -0.3 is 10.6 Å². The Balaban J connectivity index is 1.96. The van der Waals surface area contributed by atoms with E-state index in [1.54, 1.807) is 0 Å². The molecular formula is C14H27N3. The van der Waals surface area contributed by atoms with Crippen LogP contribution in [0.4, 0.5) is 0 Å². The van der Waals surface area contributed by atoms with Crippen LogP contribution in [0.5, 0.6) is 0 Å². The third-order valence-electron chi connectivity index (χ3n) is 4.81. The van der Waals surface area contributed by atoms with Crippen LogP contribution >= 0.6 is 0 Å².